The number of amides is 3. The fourth-order valence-electron chi connectivity index (χ4n) is 2.24. The molecule has 6 heteroatoms. The summed E-state index contributed by atoms with van der Waals surface area (Å²) in [4.78, 5) is 26.9. The van der Waals surface area contributed by atoms with Crippen molar-refractivity contribution in [3.8, 4) is 0 Å². The van der Waals surface area contributed by atoms with Gasteiger partial charge in [0.25, 0.3) is 0 Å². The molecule has 0 radical (unpaired) electrons. The zero-order valence-electron chi connectivity index (χ0n) is 11.6. The number of carbonyl (C=O) groups is 2. The van der Waals surface area contributed by atoms with E-state index in [4.69, 9.17) is 5.73 Å². The number of nitrogen functional groups attached to an aromatic ring is 1. The number of anilines is 2. The lowest BCUT2D eigenvalue weighted by Crippen LogP contribution is -2.33. The van der Waals surface area contributed by atoms with Crippen LogP contribution in [0.1, 0.15) is 12.8 Å². The number of benzene rings is 1. The first-order chi connectivity index (χ1) is 9.61. The molecule has 1 saturated heterocycles. The van der Waals surface area contributed by atoms with Crippen LogP contribution in [0.2, 0.25) is 0 Å². The molecule has 1 aromatic carbocycles. The summed E-state index contributed by atoms with van der Waals surface area (Å²) in [6.45, 7) is 1.97. The van der Waals surface area contributed by atoms with Crippen molar-refractivity contribution in [2.24, 2.45) is 0 Å². The van der Waals surface area contributed by atoms with Gasteiger partial charge in [-0.25, -0.2) is 4.79 Å². The van der Waals surface area contributed by atoms with Crippen molar-refractivity contribution < 1.29 is 9.59 Å². The third kappa shape index (κ3) is 3.20. The van der Waals surface area contributed by atoms with E-state index in [1.807, 2.05) is 12.1 Å². The van der Waals surface area contributed by atoms with E-state index in [0.717, 1.165) is 5.69 Å². The van der Waals surface area contributed by atoms with Crippen LogP contribution in [-0.4, -0.2) is 43.5 Å². The SMILES string of the molecule is CNC(=O)CCCN1CCN(c2ccc(N)cc2)C1=O. The molecule has 1 heterocycles. The Morgan fingerprint density at radius 3 is 2.65 bits per heavy atom. The molecule has 0 atom stereocenters. The summed E-state index contributed by atoms with van der Waals surface area (Å²) in [6, 6.07) is 7.27. The van der Waals surface area contributed by atoms with Gasteiger partial charge in [0.1, 0.15) is 0 Å². The van der Waals surface area contributed by atoms with Crippen molar-refractivity contribution in [3.05, 3.63) is 24.3 Å². The van der Waals surface area contributed by atoms with E-state index >= 15 is 0 Å². The quantitative estimate of drug-likeness (QED) is 0.789. The normalized spacial score (nSPS) is 14.8. The summed E-state index contributed by atoms with van der Waals surface area (Å²) in [5.74, 6) is 0.00652. The topological polar surface area (TPSA) is 78.7 Å². The van der Waals surface area contributed by atoms with E-state index in [1.54, 1.807) is 29.0 Å². The highest BCUT2D eigenvalue weighted by Crippen LogP contribution is 2.21. The number of nitrogens with two attached hydrogens (primary N) is 1. The molecule has 3 N–H and O–H groups in total. The lowest BCUT2D eigenvalue weighted by atomic mass is 10.2. The highest BCUT2D eigenvalue weighted by atomic mass is 16.2. The molecule has 0 unspecified atom stereocenters. The van der Waals surface area contributed by atoms with Gasteiger partial charge in [0.15, 0.2) is 0 Å². The minimum atomic E-state index is -0.00771. The van der Waals surface area contributed by atoms with Crippen molar-refractivity contribution in [1.29, 1.82) is 0 Å². The highest BCUT2D eigenvalue weighted by molar-refractivity contribution is 5.94. The van der Waals surface area contributed by atoms with Crippen LogP contribution in [0.5, 0.6) is 0 Å². The molecule has 0 saturated carbocycles. The number of rotatable bonds is 5. The molecule has 0 aromatic heterocycles. The average Bonchev–Trinajstić information content (AvgIpc) is 2.81. The van der Waals surface area contributed by atoms with E-state index in [9.17, 15) is 9.59 Å². The Balaban J connectivity index is 1.89. The van der Waals surface area contributed by atoms with Crippen molar-refractivity contribution in [3.63, 3.8) is 0 Å². The van der Waals surface area contributed by atoms with Gasteiger partial charge in [-0.15, -0.1) is 0 Å². The molecule has 0 bridgehead atoms. The van der Waals surface area contributed by atoms with Gasteiger partial charge < -0.3 is 16.0 Å². The maximum Gasteiger partial charge on any atom is 0.324 e. The Morgan fingerprint density at radius 1 is 1.30 bits per heavy atom. The Labute approximate surface area is 118 Å². The summed E-state index contributed by atoms with van der Waals surface area (Å²) in [7, 11) is 1.62. The molecule has 108 valence electrons. The molecule has 20 heavy (non-hydrogen) atoms. The Hall–Kier alpha value is -2.24. The van der Waals surface area contributed by atoms with E-state index in [1.165, 1.54) is 0 Å². The summed E-state index contributed by atoms with van der Waals surface area (Å²) < 4.78 is 0. The van der Waals surface area contributed by atoms with Gasteiger partial charge in [-0.05, 0) is 30.7 Å². The van der Waals surface area contributed by atoms with Crippen LogP contribution in [0.25, 0.3) is 0 Å². The highest BCUT2D eigenvalue weighted by Gasteiger charge is 2.28. The third-order valence-electron chi connectivity index (χ3n) is 3.41. The molecule has 6 nitrogen and oxygen atoms in total. The van der Waals surface area contributed by atoms with Crippen molar-refractivity contribution in [1.82, 2.24) is 10.2 Å². The zero-order chi connectivity index (χ0) is 14.5. The van der Waals surface area contributed by atoms with E-state index < -0.39 is 0 Å². The fourth-order valence-corrected chi connectivity index (χ4v) is 2.24. The Kier molecular flexibility index (Phi) is 4.45. The molecular formula is C14H20N4O2. The number of nitrogens with zero attached hydrogens (tertiary/aromatic N) is 2. The van der Waals surface area contributed by atoms with Crippen LogP contribution in [0.4, 0.5) is 16.2 Å². The van der Waals surface area contributed by atoms with Crippen LogP contribution in [0.15, 0.2) is 24.3 Å². The monoisotopic (exact) mass is 276 g/mol. The summed E-state index contributed by atoms with van der Waals surface area (Å²) in [6.07, 6.45) is 1.13. The molecule has 1 aliphatic heterocycles. The largest absolute Gasteiger partial charge is 0.399 e. The molecule has 2 rings (SSSR count). The first-order valence-electron chi connectivity index (χ1n) is 6.74. The second kappa shape index (κ2) is 6.27. The smallest absolute Gasteiger partial charge is 0.324 e. The predicted octanol–water partition coefficient (Wildman–Crippen LogP) is 1.04. The lowest BCUT2D eigenvalue weighted by molar-refractivity contribution is -0.120. The minimum absolute atomic E-state index is 0.00652. The second-order valence-corrected chi connectivity index (χ2v) is 4.79. The van der Waals surface area contributed by atoms with Gasteiger partial charge >= 0.3 is 6.03 Å². The molecule has 1 fully saturated rings. The van der Waals surface area contributed by atoms with Gasteiger partial charge in [-0.1, -0.05) is 0 Å². The number of hydrogen-bond donors (Lipinski definition) is 2. The van der Waals surface area contributed by atoms with E-state index in [-0.39, 0.29) is 11.9 Å². The van der Waals surface area contributed by atoms with Crippen LogP contribution in [0, 0.1) is 0 Å². The van der Waals surface area contributed by atoms with E-state index in [2.05, 4.69) is 5.32 Å². The fraction of sp³-hybridized carbons (Fsp3) is 0.429. The molecule has 0 spiro atoms. The summed E-state index contributed by atoms with van der Waals surface area (Å²) in [5.41, 5.74) is 7.19. The summed E-state index contributed by atoms with van der Waals surface area (Å²) in [5, 5.41) is 2.58. The molecule has 1 aliphatic rings. The van der Waals surface area contributed by atoms with Gasteiger partial charge in [0, 0.05) is 44.5 Å². The van der Waals surface area contributed by atoms with Gasteiger partial charge in [-0.3, -0.25) is 9.69 Å². The number of urea groups is 1. The molecule has 0 aliphatic carbocycles. The molecule has 1 aromatic rings. The lowest BCUT2D eigenvalue weighted by Gasteiger charge is -2.18. The van der Waals surface area contributed by atoms with E-state index in [0.29, 0.717) is 38.2 Å². The first kappa shape index (κ1) is 14.2. The minimum Gasteiger partial charge on any atom is -0.399 e. The Bertz CT molecular complexity index is 486. The first-order valence-corrected chi connectivity index (χ1v) is 6.74. The van der Waals surface area contributed by atoms with Crippen LogP contribution >= 0.6 is 0 Å². The van der Waals surface area contributed by atoms with Crippen LogP contribution in [0.3, 0.4) is 0 Å². The van der Waals surface area contributed by atoms with Gasteiger partial charge in [0.2, 0.25) is 5.91 Å². The van der Waals surface area contributed by atoms with Gasteiger partial charge in [0.05, 0.1) is 0 Å². The number of carbonyl (C=O) groups excluding carboxylic acids is 2. The van der Waals surface area contributed by atoms with Crippen molar-refractivity contribution in [2.75, 3.05) is 37.3 Å². The number of nitrogens with one attached hydrogen (secondary N) is 1. The zero-order valence-corrected chi connectivity index (χ0v) is 11.6. The second-order valence-electron chi connectivity index (χ2n) is 4.79. The number of hydrogen-bond acceptors (Lipinski definition) is 3. The maximum atomic E-state index is 12.3. The molecular weight excluding hydrogens is 256 g/mol. The van der Waals surface area contributed by atoms with Crippen molar-refractivity contribution >= 4 is 23.3 Å². The average molecular weight is 276 g/mol. The summed E-state index contributed by atoms with van der Waals surface area (Å²) >= 11 is 0. The molecule has 3 amide bonds. The third-order valence-corrected chi connectivity index (χ3v) is 3.41. The Morgan fingerprint density at radius 2 is 2.00 bits per heavy atom. The maximum absolute atomic E-state index is 12.3. The van der Waals surface area contributed by atoms with Gasteiger partial charge in [-0.2, -0.15) is 0 Å². The standard InChI is InChI=1S/C14H20N4O2/c1-16-13(19)3-2-8-17-9-10-18(14(17)20)12-6-4-11(15)5-7-12/h4-7H,2-3,8-10,15H2,1H3,(H,16,19). The van der Waals surface area contributed by atoms with Crippen LogP contribution < -0.4 is 16.0 Å². The van der Waals surface area contributed by atoms with Crippen LogP contribution in [-0.2, 0) is 4.79 Å². The predicted molar refractivity (Wildman–Crippen MR) is 78.5 cm³/mol. The van der Waals surface area contributed by atoms with Crippen molar-refractivity contribution in [2.45, 2.75) is 12.8 Å².